The van der Waals surface area contributed by atoms with Crippen LogP contribution in [0.5, 0.6) is 0 Å². The monoisotopic (exact) mass is 182 g/mol. The highest BCUT2D eigenvalue weighted by Gasteiger charge is 2.02. The van der Waals surface area contributed by atoms with Gasteiger partial charge in [0, 0.05) is 11.4 Å². The van der Waals surface area contributed by atoms with Crippen LogP contribution < -0.4 is 11.5 Å². The van der Waals surface area contributed by atoms with Crippen LogP contribution in [-0.2, 0) is 0 Å². The van der Waals surface area contributed by atoms with Gasteiger partial charge in [0.2, 0.25) is 0 Å². The number of nitrogens with two attached hydrogens (primary N) is 2. The second-order valence-corrected chi connectivity index (χ2v) is 2.19. The summed E-state index contributed by atoms with van der Waals surface area (Å²) < 4.78 is 0. The first kappa shape index (κ1) is 11.3. The SMILES string of the molecule is CC.Nc1cc(N)cc(C(=O)O)c1. The van der Waals surface area contributed by atoms with Gasteiger partial charge in [0.15, 0.2) is 0 Å². The Kier molecular flexibility index (Phi) is 4.37. The third kappa shape index (κ3) is 3.46. The summed E-state index contributed by atoms with van der Waals surface area (Å²) in [5.74, 6) is -1.02. The minimum atomic E-state index is -1.02. The van der Waals surface area contributed by atoms with E-state index in [9.17, 15) is 4.79 Å². The quantitative estimate of drug-likeness (QED) is 0.575. The number of anilines is 2. The maximum Gasteiger partial charge on any atom is 0.335 e. The summed E-state index contributed by atoms with van der Waals surface area (Å²) in [5.41, 5.74) is 11.5. The zero-order valence-corrected chi connectivity index (χ0v) is 7.74. The predicted octanol–water partition coefficient (Wildman–Crippen LogP) is 1.58. The molecule has 0 saturated carbocycles. The van der Waals surface area contributed by atoms with Crippen LogP contribution in [0.1, 0.15) is 24.2 Å². The third-order valence-corrected chi connectivity index (χ3v) is 1.22. The zero-order valence-electron chi connectivity index (χ0n) is 7.74. The number of hydrogen-bond acceptors (Lipinski definition) is 3. The molecule has 0 bridgehead atoms. The minimum absolute atomic E-state index is 0.113. The Morgan fingerprint density at radius 1 is 1.15 bits per heavy atom. The van der Waals surface area contributed by atoms with E-state index in [1.165, 1.54) is 18.2 Å². The highest BCUT2D eigenvalue weighted by molar-refractivity contribution is 5.90. The molecule has 0 heterocycles. The molecule has 4 nitrogen and oxygen atoms in total. The molecule has 0 aliphatic rings. The van der Waals surface area contributed by atoms with Crippen molar-refractivity contribution in [3.63, 3.8) is 0 Å². The zero-order chi connectivity index (χ0) is 10.4. The van der Waals surface area contributed by atoms with Crippen molar-refractivity contribution in [3.05, 3.63) is 23.8 Å². The first-order valence-electron chi connectivity index (χ1n) is 3.99. The van der Waals surface area contributed by atoms with Crippen molar-refractivity contribution < 1.29 is 9.90 Å². The molecule has 0 aromatic heterocycles. The summed E-state index contributed by atoms with van der Waals surface area (Å²) in [6.07, 6.45) is 0. The first-order valence-corrected chi connectivity index (χ1v) is 3.99. The number of rotatable bonds is 1. The fraction of sp³-hybridized carbons (Fsp3) is 0.222. The fourth-order valence-corrected chi connectivity index (χ4v) is 0.800. The average Bonchev–Trinajstić information content (AvgIpc) is 2.06. The Morgan fingerprint density at radius 2 is 1.54 bits per heavy atom. The summed E-state index contributed by atoms with van der Waals surface area (Å²) in [7, 11) is 0. The number of nitrogen functional groups attached to an aromatic ring is 2. The van der Waals surface area contributed by atoms with Crippen LogP contribution in [0, 0.1) is 0 Å². The molecule has 1 aromatic carbocycles. The first-order chi connectivity index (χ1) is 6.09. The summed E-state index contributed by atoms with van der Waals surface area (Å²) in [4.78, 5) is 10.4. The molecule has 0 spiro atoms. The number of carbonyl (C=O) groups is 1. The number of carboxylic acids is 1. The Morgan fingerprint density at radius 3 is 1.85 bits per heavy atom. The molecule has 72 valence electrons. The van der Waals surface area contributed by atoms with Crippen LogP contribution in [0.15, 0.2) is 18.2 Å². The van der Waals surface area contributed by atoms with E-state index in [1.54, 1.807) is 0 Å². The van der Waals surface area contributed by atoms with Crippen molar-refractivity contribution in [3.8, 4) is 0 Å². The van der Waals surface area contributed by atoms with Gasteiger partial charge in [-0.3, -0.25) is 0 Å². The van der Waals surface area contributed by atoms with E-state index in [2.05, 4.69) is 0 Å². The molecule has 0 unspecified atom stereocenters. The van der Waals surface area contributed by atoms with Gasteiger partial charge in [-0.1, -0.05) is 13.8 Å². The van der Waals surface area contributed by atoms with Crippen molar-refractivity contribution in [1.29, 1.82) is 0 Å². The fourth-order valence-electron chi connectivity index (χ4n) is 0.800. The molecule has 5 N–H and O–H groups in total. The maximum absolute atomic E-state index is 10.4. The molecule has 0 amide bonds. The molecule has 1 rings (SSSR count). The van der Waals surface area contributed by atoms with Crippen LogP contribution in [0.25, 0.3) is 0 Å². The van der Waals surface area contributed by atoms with Crippen molar-refractivity contribution in [2.24, 2.45) is 0 Å². The maximum atomic E-state index is 10.4. The molecule has 13 heavy (non-hydrogen) atoms. The standard InChI is InChI=1S/C7H8N2O2.C2H6/c8-5-1-4(7(10)11)2-6(9)3-5;1-2/h1-3H,8-9H2,(H,10,11);1-2H3. The topological polar surface area (TPSA) is 89.3 Å². The average molecular weight is 182 g/mol. The van der Waals surface area contributed by atoms with Gasteiger partial charge in [-0.15, -0.1) is 0 Å². The molecule has 0 aliphatic heterocycles. The normalized spacial score (nSPS) is 8.46. The van der Waals surface area contributed by atoms with Crippen LogP contribution >= 0.6 is 0 Å². The highest BCUT2D eigenvalue weighted by Crippen LogP contribution is 2.12. The van der Waals surface area contributed by atoms with Crippen molar-refractivity contribution in [2.45, 2.75) is 13.8 Å². The molecule has 0 atom stereocenters. The third-order valence-electron chi connectivity index (χ3n) is 1.22. The minimum Gasteiger partial charge on any atom is -0.478 e. The Balaban J connectivity index is 0.000000671. The van der Waals surface area contributed by atoms with E-state index in [-0.39, 0.29) is 5.56 Å². The van der Waals surface area contributed by atoms with Crippen molar-refractivity contribution in [2.75, 3.05) is 11.5 Å². The van der Waals surface area contributed by atoms with E-state index in [0.717, 1.165) is 0 Å². The van der Waals surface area contributed by atoms with E-state index in [4.69, 9.17) is 16.6 Å². The van der Waals surface area contributed by atoms with Crippen LogP contribution in [0.2, 0.25) is 0 Å². The summed E-state index contributed by atoms with van der Waals surface area (Å²) >= 11 is 0. The molecule has 0 fully saturated rings. The van der Waals surface area contributed by atoms with Gasteiger partial charge in [0.25, 0.3) is 0 Å². The van der Waals surface area contributed by atoms with Gasteiger partial charge < -0.3 is 16.6 Å². The molecule has 0 aliphatic carbocycles. The van der Waals surface area contributed by atoms with Gasteiger partial charge in [-0.25, -0.2) is 4.79 Å². The highest BCUT2D eigenvalue weighted by atomic mass is 16.4. The lowest BCUT2D eigenvalue weighted by atomic mass is 10.2. The van der Waals surface area contributed by atoms with E-state index < -0.39 is 5.97 Å². The second kappa shape index (κ2) is 5.03. The van der Waals surface area contributed by atoms with E-state index in [0.29, 0.717) is 11.4 Å². The number of hydrogen-bond donors (Lipinski definition) is 3. The van der Waals surface area contributed by atoms with Gasteiger partial charge in [0.1, 0.15) is 0 Å². The summed E-state index contributed by atoms with van der Waals surface area (Å²) in [6, 6.07) is 4.23. The predicted molar refractivity (Wildman–Crippen MR) is 53.6 cm³/mol. The number of aromatic carboxylic acids is 1. The lowest BCUT2D eigenvalue weighted by Crippen LogP contribution is -1.99. The van der Waals surface area contributed by atoms with E-state index in [1.807, 2.05) is 13.8 Å². The van der Waals surface area contributed by atoms with Gasteiger partial charge in [0.05, 0.1) is 5.56 Å². The molecule has 4 heteroatoms. The largest absolute Gasteiger partial charge is 0.478 e. The Bertz CT molecular complexity index is 277. The van der Waals surface area contributed by atoms with Crippen LogP contribution in [0.4, 0.5) is 11.4 Å². The second-order valence-electron chi connectivity index (χ2n) is 2.19. The van der Waals surface area contributed by atoms with Gasteiger partial charge in [-0.05, 0) is 18.2 Å². The lowest BCUT2D eigenvalue weighted by Gasteiger charge is -1.98. The molecular formula is C9H14N2O2. The van der Waals surface area contributed by atoms with Gasteiger partial charge in [-0.2, -0.15) is 0 Å². The van der Waals surface area contributed by atoms with Gasteiger partial charge >= 0.3 is 5.97 Å². The van der Waals surface area contributed by atoms with Crippen molar-refractivity contribution >= 4 is 17.3 Å². The lowest BCUT2D eigenvalue weighted by molar-refractivity contribution is 0.0697. The van der Waals surface area contributed by atoms with Crippen molar-refractivity contribution in [1.82, 2.24) is 0 Å². The summed E-state index contributed by atoms with van der Waals surface area (Å²) in [6.45, 7) is 4.00. The smallest absolute Gasteiger partial charge is 0.335 e. The molecule has 0 radical (unpaired) electrons. The van der Waals surface area contributed by atoms with E-state index >= 15 is 0 Å². The Hall–Kier alpha value is -1.71. The number of carboxylic acid groups (broad SMARTS) is 1. The molecule has 0 saturated heterocycles. The Labute approximate surface area is 77.2 Å². The van der Waals surface area contributed by atoms with Crippen LogP contribution in [-0.4, -0.2) is 11.1 Å². The molecular weight excluding hydrogens is 168 g/mol. The molecule has 1 aromatic rings. The van der Waals surface area contributed by atoms with Crippen LogP contribution in [0.3, 0.4) is 0 Å². The number of benzene rings is 1. The summed E-state index contributed by atoms with van der Waals surface area (Å²) in [5, 5.41) is 8.52.